The largest absolute Gasteiger partial charge is 0.481 e. The average molecular weight is 503 g/mol. The normalized spacial score (nSPS) is 52.4. The number of hydrogen-bond donors (Lipinski definition) is 2. The Morgan fingerprint density at radius 1 is 0.833 bits per heavy atom. The number of aliphatic carboxylic acids is 1. The van der Waals surface area contributed by atoms with Crippen LogP contribution in [-0.2, 0) is 14.3 Å². The van der Waals surface area contributed by atoms with E-state index in [1.165, 1.54) is 19.8 Å². The Balaban J connectivity index is 1.54. The summed E-state index contributed by atoms with van der Waals surface area (Å²) in [6, 6.07) is 0. The number of fused-ring (bicyclic) bond motifs is 7. The first kappa shape index (κ1) is 26.5. The van der Waals surface area contributed by atoms with Crippen molar-refractivity contribution < 1.29 is 24.5 Å². The molecule has 0 aromatic rings. The molecule has 11 atom stereocenters. The van der Waals surface area contributed by atoms with Crippen LogP contribution in [0.15, 0.2) is 0 Å². The van der Waals surface area contributed by atoms with Crippen molar-refractivity contribution in [3.8, 4) is 0 Å². The second-order valence-corrected chi connectivity index (χ2v) is 15.2. The van der Waals surface area contributed by atoms with Gasteiger partial charge in [0.25, 0.3) is 0 Å². The zero-order chi connectivity index (χ0) is 26.5. The number of aliphatic hydroxyl groups is 1. The smallest absolute Gasteiger partial charge is 0.309 e. The van der Waals surface area contributed by atoms with Gasteiger partial charge in [0.1, 0.15) is 6.10 Å². The summed E-state index contributed by atoms with van der Waals surface area (Å²) in [5, 5.41) is 21.4. The number of rotatable bonds is 3. The molecule has 0 bridgehead atoms. The number of hydrogen-bond acceptors (Lipinski definition) is 4. The van der Waals surface area contributed by atoms with E-state index in [-0.39, 0.29) is 46.1 Å². The van der Waals surface area contributed by atoms with E-state index in [9.17, 15) is 19.8 Å². The van der Waals surface area contributed by atoms with Crippen molar-refractivity contribution in [1.82, 2.24) is 0 Å². The molecular weight excluding hydrogens is 452 g/mol. The fraction of sp³-hybridized carbons (Fsp3) is 0.935. The summed E-state index contributed by atoms with van der Waals surface area (Å²) in [5.74, 6) is 1.35. The molecule has 0 aliphatic heterocycles. The summed E-state index contributed by atoms with van der Waals surface area (Å²) < 4.78 is 6.16. The number of esters is 1. The lowest BCUT2D eigenvalue weighted by atomic mass is 9.36. The molecule has 204 valence electrons. The Kier molecular flexibility index (Phi) is 6.04. The molecule has 2 N–H and O–H groups in total. The number of carboxylic acids is 1. The van der Waals surface area contributed by atoms with Crippen molar-refractivity contribution in [2.45, 2.75) is 124 Å². The third kappa shape index (κ3) is 3.49. The van der Waals surface area contributed by atoms with Crippen LogP contribution in [0.1, 0.15) is 113 Å². The van der Waals surface area contributed by atoms with Gasteiger partial charge in [-0.05, 0) is 124 Å². The number of carbonyl (C=O) groups excluding carboxylic acids is 1. The van der Waals surface area contributed by atoms with E-state index in [4.69, 9.17) is 4.74 Å². The highest BCUT2D eigenvalue weighted by Gasteiger charge is 2.70. The third-order valence-electron chi connectivity index (χ3n) is 13.2. The SMILES string of the molecule is CC(=O)OC1CC2(C)C3CCC4C(C)(C(=O)O)CCCC4(C)C3CCC2C2(C)CCC(C(C)(C)O)C12. The maximum Gasteiger partial charge on any atom is 0.309 e. The van der Waals surface area contributed by atoms with Crippen molar-refractivity contribution in [3.63, 3.8) is 0 Å². The summed E-state index contributed by atoms with van der Waals surface area (Å²) in [4.78, 5) is 24.8. The molecule has 5 heteroatoms. The van der Waals surface area contributed by atoms with Gasteiger partial charge in [0, 0.05) is 12.8 Å². The maximum atomic E-state index is 12.5. The van der Waals surface area contributed by atoms with Gasteiger partial charge in [0.15, 0.2) is 0 Å². The predicted molar refractivity (Wildman–Crippen MR) is 139 cm³/mol. The van der Waals surface area contributed by atoms with E-state index in [2.05, 4.69) is 20.8 Å². The van der Waals surface area contributed by atoms with Gasteiger partial charge in [-0.2, -0.15) is 0 Å². The predicted octanol–water partition coefficient (Wildman–Crippen LogP) is 6.47. The van der Waals surface area contributed by atoms with Crippen LogP contribution in [0.3, 0.4) is 0 Å². The van der Waals surface area contributed by atoms with Crippen molar-refractivity contribution in [2.75, 3.05) is 0 Å². The summed E-state index contributed by atoms with van der Waals surface area (Å²) in [6.07, 6.45) is 10.2. The summed E-state index contributed by atoms with van der Waals surface area (Å²) in [7, 11) is 0. The molecule has 5 aliphatic carbocycles. The van der Waals surface area contributed by atoms with Gasteiger partial charge in [0.05, 0.1) is 11.0 Å². The van der Waals surface area contributed by atoms with E-state index >= 15 is 0 Å². The molecule has 0 aromatic carbocycles. The minimum atomic E-state index is -0.791. The van der Waals surface area contributed by atoms with Crippen molar-refractivity contribution in [3.05, 3.63) is 0 Å². The van der Waals surface area contributed by atoms with Gasteiger partial charge < -0.3 is 14.9 Å². The standard InChI is InChI=1S/C31H50O5/c1-18(32)36-22-17-31(7)20-10-11-23-28(4,14-8-15-30(23,6)26(33)34)19(20)9-12-24(31)29(5)16-13-21(25(22)29)27(2,3)35/h19-25,35H,8-17H2,1-7H3,(H,33,34). The average Bonchev–Trinajstić information content (AvgIpc) is 3.12. The van der Waals surface area contributed by atoms with Crippen molar-refractivity contribution >= 4 is 11.9 Å². The topological polar surface area (TPSA) is 83.8 Å². The number of carbonyl (C=O) groups is 2. The lowest BCUT2D eigenvalue weighted by Crippen LogP contribution is -2.65. The lowest BCUT2D eigenvalue weighted by molar-refractivity contribution is -0.230. The van der Waals surface area contributed by atoms with E-state index in [1.807, 2.05) is 20.8 Å². The molecule has 0 aromatic heterocycles. The molecule has 5 aliphatic rings. The van der Waals surface area contributed by atoms with Crippen LogP contribution >= 0.6 is 0 Å². The van der Waals surface area contributed by atoms with Gasteiger partial charge in [-0.25, -0.2) is 0 Å². The van der Waals surface area contributed by atoms with Gasteiger partial charge in [-0.3, -0.25) is 9.59 Å². The monoisotopic (exact) mass is 502 g/mol. The molecule has 36 heavy (non-hydrogen) atoms. The van der Waals surface area contributed by atoms with Crippen molar-refractivity contribution in [1.29, 1.82) is 0 Å². The molecule has 11 unspecified atom stereocenters. The minimum Gasteiger partial charge on any atom is -0.481 e. The molecule has 0 saturated heterocycles. The van der Waals surface area contributed by atoms with Crippen LogP contribution in [0.2, 0.25) is 0 Å². The molecule has 0 spiro atoms. The van der Waals surface area contributed by atoms with Crippen LogP contribution in [0.4, 0.5) is 0 Å². The number of carboxylic acid groups (broad SMARTS) is 1. The first-order valence-corrected chi connectivity index (χ1v) is 14.7. The second-order valence-electron chi connectivity index (χ2n) is 15.2. The summed E-state index contributed by atoms with van der Waals surface area (Å²) in [6.45, 7) is 14.8. The highest BCUT2D eigenvalue weighted by atomic mass is 16.5. The Morgan fingerprint density at radius 2 is 1.44 bits per heavy atom. The Bertz CT molecular complexity index is 922. The first-order chi connectivity index (χ1) is 16.6. The maximum absolute atomic E-state index is 12.5. The molecular formula is C31H50O5. The van der Waals surface area contributed by atoms with Crippen LogP contribution in [0, 0.1) is 57.2 Å². The Hall–Kier alpha value is -1.10. The first-order valence-electron chi connectivity index (χ1n) is 14.7. The summed E-state index contributed by atoms with van der Waals surface area (Å²) >= 11 is 0. The van der Waals surface area contributed by atoms with Crippen LogP contribution < -0.4 is 0 Å². The summed E-state index contributed by atoms with van der Waals surface area (Å²) in [5.41, 5.74) is -1.25. The Morgan fingerprint density at radius 3 is 2.03 bits per heavy atom. The van der Waals surface area contributed by atoms with Gasteiger partial charge >= 0.3 is 11.9 Å². The van der Waals surface area contributed by atoms with Crippen LogP contribution in [0.25, 0.3) is 0 Å². The van der Waals surface area contributed by atoms with E-state index < -0.39 is 17.0 Å². The molecule has 5 fully saturated rings. The third-order valence-corrected chi connectivity index (χ3v) is 13.2. The van der Waals surface area contributed by atoms with E-state index in [0.717, 1.165) is 51.4 Å². The highest BCUT2D eigenvalue weighted by Crippen LogP contribution is 2.74. The van der Waals surface area contributed by atoms with Crippen LogP contribution in [-0.4, -0.2) is 33.9 Å². The molecule has 0 amide bonds. The Labute approximate surface area is 218 Å². The molecule has 5 nitrogen and oxygen atoms in total. The minimum absolute atomic E-state index is 0.0443. The van der Waals surface area contributed by atoms with Gasteiger partial charge in [-0.15, -0.1) is 0 Å². The zero-order valence-electron chi connectivity index (χ0n) is 23.7. The fourth-order valence-corrected chi connectivity index (χ4v) is 11.9. The van der Waals surface area contributed by atoms with Gasteiger partial charge in [-0.1, -0.05) is 27.2 Å². The van der Waals surface area contributed by atoms with Crippen LogP contribution in [0.5, 0.6) is 0 Å². The molecule has 0 radical (unpaired) electrons. The van der Waals surface area contributed by atoms with E-state index in [0.29, 0.717) is 17.8 Å². The molecule has 5 rings (SSSR count). The zero-order valence-corrected chi connectivity index (χ0v) is 23.7. The van der Waals surface area contributed by atoms with Gasteiger partial charge in [0.2, 0.25) is 0 Å². The fourth-order valence-electron chi connectivity index (χ4n) is 11.9. The second kappa shape index (κ2) is 8.20. The molecule has 5 saturated carbocycles. The van der Waals surface area contributed by atoms with Crippen molar-refractivity contribution in [2.24, 2.45) is 57.2 Å². The number of ether oxygens (including phenoxy) is 1. The van der Waals surface area contributed by atoms with E-state index in [1.54, 1.807) is 0 Å². The highest BCUT2D eigenvalue weighted by molar-refractivity contribution is 5.75. The molecule has 0 heterocycles. The quantitative estimate of drug-likeness (QED) is 0.432. The lowest BCUT2D eigenvalue weighted by Gasteiger charge is -2.69.